The quantitative estimate of drug-likeness (QED) is 0.0796. The molecule has 0 rings (SSSR count). The lowest BCUT2D eigenvalue weighted by atomic mass is 10.1. The third kappa shape index (κ3) is 13.4. The van der Waals surface area contributed by atoms with E-state index in [0.717, 1.165) is 13.8 Å². The van der Waals surface area contributed by atoms with Crippen LogP contribution in [0.1, 0.15) is 39.5 Å². The van der Waals surface area contributed by atoms with Crippen LogP contribution in [-0.2, 0) is 37.6 Å². The van der Waals surface area contributed by atoms with Crippen LogP contribution in [0.15, 0.2) is 0 Å². The molecule has 0 aromatic heterocycles. The van der Waals surface area contributed by atoms with Gasteiger partial charge in [-0.3, -0.25) is 23.4 Å². The number of rotatable bonds is 18. The summed E-state index contributed by atoms with van der Waals surface area (Å²) in [5.41, 5.74) is 0. The van der Waals surface area contributed by atoms with Crippen LogP contribution in [0.25, 0.3) is 0 Å². The number of amides is 2. The second-order valence-electron chi connectivity index (χ2n) is 7.64. The fourth-order valence-corrected chi connectivity index (χ4v) is 3.38. The van der Waals surface area contributed by atoms with Gasteiger partial charge in [0.15, 0.2) is 0 Å². The lowest BCUT2D eigenvalue weighted by Crippen LogP contribution is -2.46. The van der Waals surface area contributed by atoms with Gasteiger partial charge in [0, 0.05) is 12.8 Å². The molecule has 17 nitrogen and oxygen atoms in total. The molecule has 7 atom stereocenters. The van der Waals surface area contributed by atoms with E-state index in [9.17, 15) is 48.8 Å². The first-order valence-electron chi connectivity index (χ1n) is 10.4. The zero-order valence-corrected chi connectivity index (χ0v) is 20.2. The van der Waals surface area contributed by atoms with Gasteiger partial charge in [0.05, 0.1) is 12.7 Å². The largest absolute Gasteiger partial charge is 0.481 e. The molecule has 0 aliphatic carbocycles. The zero-order chi connectivity index (χ0) is 28.2. The number of aliphatic hydroxyl groups is 3. The first kappa shape index (κ1) is 33.3. The van der Waals surface area contributed by atoms with Crippen LogP contribution in [0.2, 0.25) is 0 Å². The monoisotopic (exact) mass is 546 g/mol. The summed E-state index contributed by atoms with van der Waals surface area (Å²) in [7, 11) is -4.99. The summed E-state index contributed by atoms with van der Waals surface area (Å²) >= 11 is 0. The van der Waals surface area contributed by atoms with E-state index in [-0.39, 0.29) is 0 Å². The predicted octanol–water partition coefficient (Wildman–Crippen LogP) is -2.61. The minimum atomic E-state index is -4.99. The molecular weight excluding hydrogens is 515 g/mol. The van der Waals surface area contributed by atoms with E-state index in [1.54, 1.807) is 0 Å². The van der Waals surface area contributed by atoms with Gasteiger partial charge in [-0.25, -0.2) is 14.2 Å². The van der Waals surface area contributed by atoms with Crippen molar-refractivity contribution in [2.45, 2.75) is 76.0 Å². The molecule has 0 aromatic carbocycles. The van der Waals surface area contributed by atoms with E-state index in [1.165, 1.54) is 0 Å². The van der Waals surface area contributed by atoms with Crippen molar-refractivity contribution in [2.75, 3.05) is 6.61 Å². The highest BCUT2D eigenvalue weighted by Gasteiger charge is 2.33. The number of hydrogen-bond donors (Lipinski definition) is 9. The number of carbonyl (C=O) groups excluding carboxylic acids is 2. The molecule has 208 valence electrons. The molecule has 2 amide bonds. The standard InChI is InChI=1S/C18H31N2O15P/c1-8(21)15(26)12(22)7-34-36(32,33)35-9(2)16(27)20-11(18(30)31)3-5-13(23)19-10(17(28)29)4-6-14(24)25/h8-12,15,21-22,26H,3-7H2,1-2H3,(H,19,23)(H,20,27)(H,24,25)(H,28,29)(H,30,31)(H,32,33)/t8-,9-,10-,11-,12+,15-/m0/s1. The average molecular weight is 546 g/mol. The van der Waals surface area contributed by atoms with Gasteiger partial charge in [-0.1, -0.05) is 0 Å². The Morgan fingerprint density at radius 1 is 0.861 bits per heavy atom. The first-order chi connectivity index (χ1) is 16.5. The molecule has 0 bridgehead atoms. The van der Waals surface area contributed by atoms with Crippen molar-refractivity contribution in [3.63, 3.8) is 0 Å². The lowest BCUT2D eigenvalue weighted by Gasteiger charge is -2.23. The van der Waals surface area contributed by atoms with Crippen LogP contribution in [0, 0.1) is 0 Å². The molecule has 0 aliphatic rings. The molecule has 9 N–H and O–H groups in total. The molecule has 0 aromatic rings. The Bertz CT molecular complexity index is 835. The second kappa shape index (κ2) is 15.5. The fourth-order valence-electron chi connectivity index (χ4n) is 2.48. The summed E-state index contributed by atoms with van der Waals surface area (Å²) in [6.45, 7) is 1.15. The van der Waals surface area contributed by atoms with Gasteiger partial charge in [0.25, 0.3) is 0 Å². The second-order valence-corrected chi connectivity index (χ2v) is 9.05. The predicted molar refractivity (Wildman–Crippen MR) is 115 cm³/mol. The smallest absolute Gasteiger partial charge is 0.473 e. The van der Waals surface area contributed by atoms with Crippen LogP contribution in [0.3, 0.4) is 0 Å². The molecule has 36 heavy (non-hydrogen) atoms. The molecule has 0 saturated heterocycles. The maximum absolute atomic E-state index is 12.2. The van der Waals surface area contributed by atoms with Crippen molar-refractivity contribution < 1.29 is 73.1 Å². The van der Waals surface area contributed by atoms with Gasteiger partial charge in [-0.05, 0) is 26.7 Å². The van der Waals surface area contributed by atoms with E-state index in [1.807, 2.05) is 10.6 Å². The van der Waals surface area contributed by atoms with Crippen molar-refractivity contribution >= 4 is 37.5 Å². The van der Waals surface area contributed by atoms with E-state index in [2.05, 4.69) is 9.05 Å². The minimum absolute atomic E-state index is 0.414. The molecule has 0 heterocycles. The molecule has 0 spiro atoms. The Hall–Kier alpha value is -2.66. The van der Waals surface area contributed by atoms with E-state index >= 15 is 0 Å². The highest BCUT2D eigenvalue weighted by molar-refractivity contribution is 7.47. The maximum Gasteiger partial charge on any atom is 0.473 e. The third-order valence-corrected chi connectivity index (χ3v) is 5.57. The Balaban J connectivity index is 4.86. The number of phosphoric acid groups is 1. The maximum atomic E-state index is 12.2. The van der Waals surface area contributed by atoms with Gasteiger partial charge < -0.3 is 46.2 Å². The Morgan fingerprint density at radius 2 is 1.36 bits per heavy atom. The van der Waals surface area contributed by atoms with Crippen LogP contribution >= 0.6 is 7.82 Å². The van der Waals surface area contributed by atoms with Crippen molar-refractivity contribution in [1.29, 1.82) is 0 Å². The fraction of sp³-hybridized carbons (Fsp3) is 0.722. The summed E-state index contributed by atoms with van der Waals surface area (Å²) in [6, 6.07) is -3.22. The SMILES string of the molecule is C[C@H](OP(=O)(O)OC[C@@H](O)[C@@H](O)[C@H](C)O)C(=O)N[C@@H](CCC(=O)N[C@@H](CCC(=O)O)C(=O)O)C(=O)O. The molecule has 18 heteroatoms. The van der Waals surface area contributed by atoms with Crippen molar-refractivity contribution in [3.8, 4) is 0 Å². The number of aliphatic carboxylic acids is 3. The van der Waals surface area contributed by atoms with Gasteiger partial charge in [-0.15, -0.1) is 0 Å². The number of carboxylic acids is 3. The minimum Gasteiger partial charge on any atom is -0.481 e. The summed E-state index contributed by atoms with van der Waals surface area (Å²) in [6.07, 6.45) is -8.68. The molecule has 0 saturated carbocycles. The number of carboxylic acid groups (broad SMARTS) is 3. The Kier molecular flexibility index (Phi) is 14.3. The topological polar surface area (TPSA) is 287 Å². The number of nitrogens with one attached hydrogen (secondary N) is 2. The highest BCUT2D eigenvalue weighted by Crippen LogP contribution is 2.44. The summed E-state index contributed by atoms with van der Waals surface area (Å²) < 4.78 is 20.9. The van der Waals surface area contributed by atoms with E-state index in [4.69, 9.17) is 15.3 Å². The van der Waals surface area contributed by atoms with Crippen molar-refractivity contribution in [1.82, 2.24) is 10.6 Å². The molecule has 0 fully saturated rings. The van der Waals surface area contributed by atoms with Gasteiger partial charge in [0.2, 0.25) is 11.8 Å². The van der Waals surface area contributed by atoms with Gasteiger partial charge in [-0.2, -0.15) is 0 Å². The Morgan fingerprint density at radius 3 is 1.83 bits per heavy atom. The van der Waals surface area contributed by atoms with Crippen LogP contribution < -0.4 is 10.6 Å². The molecule has 0 aliphatic heterocycles. The van der Waals surface area contributed by atoms with Crippen LogP contribution in [-0.4, -0.2) is 108 Å². The molecule has 0 radical (unpaired) electrons. The average Bonchev–Trinajstić information content (AvgIpc) is 2.75. The summed E-state index contributed by atoms with van der Waals surface area (Å²) in [5, 5.41) is 59.1. The van der Waals surface area contributed by atoms with Gasteiger partial charge >= 0.3 is 25.7 Å². The number of carbonyl (C=O) groups is 5. The lowest BCUT2D eigenvalue weighted by molar-refractivity contribution is -0.144. The number of aliphatic hydroxyl groups excluding tert-OH is 3. The highest BCUT2D eigenvalue weighted by atomic mass is 31.2. The van der Waals surface area contributed by atoms with Crippen LogP contribution in [0.4, 0.5) is 0 Å². The zero-order valence-electron chi connectivity index (χ0n) is 19.3. The Labute approximate surface area is 204 Å². The molecular formula is C18H31N2O15P. The van der Waals surface area contributed by atoms with E-state index < -0.39 is 106 Å². The summed E-state index contributed by atoms with van der Waals surface area (Å²) in [5.74, 6) is -6.50. The van der Waals surface area contributed by atoms with Crippen molar-refractivity contribution in [2.24, 2.45) is 0 Å². The normalized spacial score (nSPS) is 17.9. The third-order valence-electron chi connectivity index (χ3n) is 4.51. The van der Waals surface area contributed by atoms with E-state index in [0.29, 0.717) is 0 Å². The molecule has 1 unspecified atom stereocenters. The van der Waals surface area contributed by atoms with Crippen LogP contribution in [0.5, 0.6) is 0 Å². The van der Waals surface area contributed by atoms with Gasteiger partial charge in [0.1, 0.15) is 30.4 Å². The number of hydrogen-bond acceptors (Lipinski definition) is 11. The number of phosphoric ester groups is 1. The first-order valence-corrected chi connectivity index (χ1v) is 11.9. The summed E-state index contributed by atoms with van der Waals surface area (Å²) in [4.78, 5) is 66.9. The van der Waals surface area contributed by atoms with Crippen molar-refractivity contribution in [3.05, 3.63) is 0 Å².